The summed E-state index contributed by atoms with van der Waals surface area (Å²) in [7, 11) is -1.37. The third-order valence-corrected chi connectivity index (χ3v) is 4.98. The Morgan fingerprint density at radius 1 is 1.26 bits per heavy atom. The van der Waals surface area contributed by atoms with E-state index in [-0.39, 0.29) is 22.0 Å². The zero-order chi connectivity index (χ0) is 20.0. The van der Waals surface area contributed by atoms with Gasteiger partial charge in [0.1, 0.15) is 5.69 Å². The Kier molecular flexibility index (Phi) is 7.03. The molecule has 10 heteroatoms. The number of anilines is 1. The van der Waals surface area contributed by atoms with Crippen LogP contribution in [0.15, 0.2) is 47.4 Å². The van der Waals surface area contributed by atoms with Gasteiger partial charge >= 0.3 is 5.97 Å². The summed E-state index contributed by atoms with van der Waals surface area (Å²) in [5.74, 6) is -1.27. The molecule has 0 radical (unpaired) electrons. The Hall–Kier alpha value is -2.78. The number of ether oxygens (including phenoxy) is 1. The highest BCUT2D eigenvalue weighted by molar-refractivity contribution is 7.85. The highest BCUT2D eigenvalue weighted by Gasteiger charge is 2.19. The SMILES string of the molecule is CC[S@](=O)c1ccccc1C(=O)OCC(=O)Nc1cc(Cl)ccc1[N+](=O)[O-]. The summed E-state index contributed by atoms with van der Waals surface area (Å²) in [6, 6.07) is 9.92. The second kappa shape index (κ2) is 9.24. The van der Waals surface area contributed by atoms with Crippen molar-refractivity contribution in [3.8, 4) is 0 Å². The van der Waals surface area contributed by atoms with Gasteiger partial charge in [0, 0.05) is 16.8 Å². The van der Waals surface area contributed by atoms with Gasteiger partial charge in [0.05, 0.1) is 26.2 Å². The summed E-state index contributed by atoms with van der Waals surface area (Å²) in [6.07, 6.45) is 0. The molecule has 2 rings (SSSR count). The summed E-state index contributed by atoms with van der Waals surface area (Å²) in [5.41, 5.74) is -0.358. The molecule has 8 nitrogen and oxygen atoms in total. The van der Waals surface area contributed by atoms with Crippen LogP contribution >= 0.6 is 11.6 Å². The molecule has 0 bridgehead atoms. The monoisotopic (exact) mass is 410 g/mol. The molecule has 0 heterocycles. The van der Waals surface area contributed by atoms with Crippen molar-refractivity contribution in [2.24, 2.45) is 0 Å². The molecule has 1 atom stereocenters. The number of rotatable bonds is 7. The maximum absolute atomic E-state index is 12.2. The van der Waals surface area contributed by atoms with E-state index >= 15 is 0 Å². The number of carbonyl (C=O) groups is 2. The molecule has 142 valence electrons. The molecule has 0 unspecified atom stereocenters. The minimum absolute atomic E-state index is 0.0965. The van der Waals surface area contributed by atoms with Crippen LogP contribution in [0.5, 0.6) is 0 Å². The standard InChI is InChI=1S/C17H15ClN2O6S/c1-2-27(25)15-6-4-3-5-12(15)17(22)26-10-16(21)19-13-9-11(18)7-8-14(13)20(23)24/h3-9H,2,10H2,1H3,(H,19,21)/t27-/m0/s1. The molecule has 2 aromatic carbocycles. The second-order valence-electron chi connectivity index (χ2n) is 5.17. The van der Waals surface area contributed by atoms with E-state index in [1.165, 1.54) is 18.2 Å². The molecule has 0 aromatic heterocycles. The van der Waals surface area contributed by atoms with Gasteiger partial charge in [0.25, 0.3) is 11.6 Å². The van der Waals surface area contributed by atoms with Crippen LogP contribution < -0.4 is 5.32 Å². The van der Waals surface area contributed by atoms with E-state index < -0.39 is 34.2 Å². The number of esters is 1. The first-order valence-electron chi connectivity index (χ1n) is 7.71. The lowest BCUT2D eigenvalue weighted by Crippen LogP contribution is -2.22. The number of benzene rings is 2. The number of halogens is 1. The smallest absolute Gasteiger partial charge is 0.339 e. The molecule has 2 aromatic rings. The van der Waals surface area contributed by atoms with Crippen molar-refractivity contribution in [3.05, 3.63) is 63.2 Å². The minimum atomic E-state index is -1.37. The lowest BCUT2D eigenvalue weighted by molar-refractivity contribution is -0.383. The summed E-state index contributed by atoms with van der Waals surface area (Å²) in [4.78, 5) is 34.8. The number of nitrogens with one attached hydrogen (secondary N) is 1. The first-order chi connectivity index (χ1) is 12.8. The summed E-state index contributed by atoms with van der Waals surface area (Å²) in [5, 5.41) is 13.5. The quantitative estimate of drug-likeness (QED) is 0.425. The van der Waals surface area contributed by atoms with E-state index in [0.717, 1.165) is 6.07 Å². The van der Waals surface area contributed by atoms with E-state index in [1.54, 1.807) is 25.1 Å². The van der Waals surface area contributed by atoms with Crippen molar-refractivity contribution < 1.29 is 23.5 Å². The zero-order valence-electron chi connectivity index (χ0n) is 14.1. The zero-order valence-corrected chi connectivity index (χ0v) is 15.7. The van der Waals surface area contributed by atoms with Gasteiger partial charge in [-0.3, -0.25) is 19.1 Å². The third-order valence-electron chi connectivity index (χ3n) is 3.38. The fourth-order valence-corrected chi connectivity index (χ4v) is 3.26. The molecule has 0 fully saturated rings. The summed E-state index contributed by atoms with van der Waals surface area (Å²) in [6.45, 7) is 1.04. The number of amides is 1. The first-order valence-corrected chi connectivity index (χ1v) is 9.41. The number of hydrogen-bond acceptors (Lipinski definition) is 6. The number of nitro benzene ring substituents is 1. The summed E-state index contributed by atoms with van der Waals surface area (Å²) >= 11 is 5.79. The Labute approximate surface area is 162 Å². The van der Waals surface area contributed by atoms with Crippen LogP contribution in [0.3, 0.4) is 0 Å². The predicted molar refractivity (Wildman–Crippen MR) is 100 cm³/mol. The lowest BCUT2D eigenvalue weighted by atomic mass is 10.2. The van der Waals surface area contributed by atoms with Crippen molar-refractivity contribution in [1.29, 1.82) is 0 Å². The van der Waals surface area contributed by atoms with E-state index in [0.29, 0.717) is 10.6 Å². The predicted octanol–water partition coefficient (Wildman–Crippen LogP) is 3.17. The molecule has 1 amide bonds. The molecule has 0 spiro atoms. The molecule has 27 heavy (non-hydrogen) atoms. The second-order valence-corrected chi connectivity index (χ2v) is 7.32. The minimum Gasteiger partial charge on any atom is -0.452 e. The molecular weight excluding hydrogens is 396 g/mol. The molecule has 0 saturated carbocycles. The van der Waals surface area contributed by atoms with Crippen molar-refractivity contribution in [3.63, 3.8) is 0 Å². The highest BCUT2D eigenvalue weighted by atomic mass is 35.5. The van der Waals surface area contributed by atoms with Gasteiger partial charge in [-0.25, -0.2) is 4.79 Å². The van der Waals surface area contributed by atoms with Crippen molar-refractivity contribution in [1.82, 2.24) is 0 Å². The van der Waals surface area contributed by atoms with Crippen LogP contribution in [0.1, 0.15) is 17.3 Å². The average molecular weight is 411 g/mol. The molecule has 0 aliphatic rings. The van der Waals surface area contributed by atoms with Crippen LogP contribution in [0.4, 0.5) is 11.4 Å². The van der Waals surface area contributed by atoms with Crippen molar-refractivity contribution in [2.45, 2.75) is 11.8 Å². The average Bonchev–Trinajstić information content (AvgIpc) is 2.65. The van der Waals surface area contributed by atoms with E-state index in [1.807, 2.05) is 0 Å². The van der Waals surface area contributed by atoms with Gasteiger partial charge in [0.2, 0.25) is 0 Å². The van der Waals surface area contributed by atoms with E-state index in [9.17, 15) is 23.9 Å². The Morgan fingerprint density at radius 2 is 1.96 bits per heavy atom. The van der Waals surface area contributed by atoms with Gasteiger partial charge < -0.3 is 10.1 Å². The fourth-order valence-electron chi connectivity index (χ4n) is 2.15. The number of nitrogens with zero attached hydrogens (tertiary/aromatic N) is 1. The van der Waals surface area contributed by atoms with Crippen LogP contribution in [0.2, 0.25) is 5.02 Å². The number of hydrogen-bond donors (Lipinski definition) is 1. The van der Waals surface area contributed by atoms with E-state index in [2.05, 4.69) is 5.32 Å². The van der Waals surface area contributed by atoms with Crippen LogP contribution in [0, 0.1) is 10.1 Å². The number of carbonyl (C=O) groups excluding carboxylic acids is 2. The molecule has 1 N–H and O–H groups in total. The van der Waals surface area contributed by atoms with Crippen LogP contribution in [0.25, 0.3) is 0 Å². The lowest BCUT2D eigenvalue weighted by Gasteiger charge is -2.09. The van der Waals surface area contributed by atoms with Gasteiger partial charge in [-0.1, -0.05) is 30.7 Å². The fraction of sp³-hybridized carbons (Fsp3) is 0.176. The number of nitro groups is 1. The summed E-state index contributed by atoms with van der Waals surface area (Å²) < 4.78 is 16.9. The largest absolute Gasteiger partial charge is 0.452 e. The van der Waals surface area contributed by atoms with Gasteiger partial charge in [-0.05, 0) is 24.3 Å². The van der Waals surface area contributed by atoms with E-state index in [4.69, 9.17) is 16.3 Å². The van der Waals surface area contributed by atoms with Crippen molar-refractivity contribution in [2.75, 3.05) is 17.7 Å². The van der Waals surface area contributed by atoms with Gasteiger partial charge in [-0.2, -0.15) is 0 Å². The Bertz CT molecular complexity index is 918. The van der Waals surface area contributed by atoms with Crippen LogP contribution in [-0.4, -0.2) is 33.4 Å². The van der Waals surface area contributed by atoms with Gasteiger partial charge in [0.15, 0.2) is 6.61 Å². The highest BCUT2D eigenvalue weighted by Crippen LogP contribution is 2.27. The normalized spacial score (nSPS) is 11.5. The van der Waals surface area contributed by atoms with Gasteiger partial charge in [-0.15, -0.1) is 0 Å². The maximum Gasteiger partial charge on any atom is 0.339 e. The van der Waals surface area contributed by atoms with Crippen molar-refractivity contribution >= 4 is 45.7 Å². The molecule has 0 saturated heterocycles. The molecule has 0 aliphatic carbocycles. The topological polar surface area (TPSA) is 116 Å². The maximum atomic E-state index is 12.2. The third kappa shape index (κ3) is 5.35. The molecular formula is C17H15ClN2O6S. The Balaban J connectivity index is 2.07. The first kappa shape index (κ1) is 20.5. The molecule has 0 aliphatic heterocycles. The Morgan fingerprint density at radius 3 is 2.63 bits per heavy atom. The van der Waals surface area contributed by atoms with Crippen LogP contribution in [-0.2, 0) is 20.3 Å².